The Balaban J connectivity index is 1.80. The lowest BCUT2D eigenvalue weighted by atomic mass is 10.0. The number of imide groups is 1. The van der Waals surface area contributed by atoms with Crippen LogP contribution < -0.4 is 10.1 Å². The predicted octanol–water partition coefficient (Wildman–Crippen LogP) is 3.53. The number of carbonyl (C=O) groups excluding carboxylic acids is 2. The zero-order chi connectivity index (χ0) is 19.8. The molecule has 3 aromatic rings. The third-order valence-corrected chi connectivity index (χ3v) is 4.91. The molecule has 1 aliphatic rings. The van der Waals surface area contributed by atoms with Gasteiger partial charge in [-0.15, -0.1) is 0 Å². The Hall–Kier alpha value is -3.59. The van der Waals surface area contributed by atoms with Crippen LogP contribution in [0.3, 0.4) is 0 Å². The number of carboxylic acid groups (broad SMARTS) is 1. The Morgan fingerprint density at radius 1 is 1.29 bits per heavy atom. The summed E-state index contributed by atoms with van der Waals surface area (Å²) in [5, 5.41) is 11.7. The molecule has 2 aromatic heterocycles. The fraction of sp³-hybridized carbons (Fsp3) is 0.0526. The molecule has 1 aromatic carbocycles. The lowest BCUT2D eigenvalue weighted by molar-refractivity contribution is -0.115. The number of carbonyl (C=O) groups is 3. The first-order valence-corrected chi connectivity index (χ1v) is 8.82. The topological polar surface area (TPSA) is 119 Å². The predicted molar refractivity (Wildman–Crippen MR) is 102 cm³/mol. The zero-order valence-electron chi connectivity index (χ0n) is 14.4. The van der Waals surface area contributed by atoms with Gasteiger partial charge in [0.15, 0.2) is 0 Å². The van der Waals surface area contributed by atoms with Crippen molar-refractivity contribution in [1.82, 2.24) is 10.3 Å². The van der Waals surface area contributed by atoms with Gasteiger partial charge in [0.05, 0.1) is 12.0 Å². The zero-order valence-corrected chi connectivity index (χ0v) is 15.2. The number of nitrogens with zero attached hydrogens (tertiary/aromatic N) is 1. The van der Waals surface area contributed by atoms with Crippen molar-refractivity contribution < 1.29 is 28.6 Å². The summed E-state index contributed by atoms with van der Waals surface area (Å²) in [6.45, 7) is 0. The summed E-state index contributed by atoms with van der Waals surface area (Å²) < 4.78 is 11.0. The summed E-state index contributed by atoms with van der Waals surface area (Å²) in [5.41, 5.74) is 1.86. The van der Waals surface area contributed by atoms with E-state index < -0.39 is 17.1 Å². The van der Waals surface area contributed by atoms with E-state index in [-0.39, 0.29) is 16.2 Å². The molecular weight excluding hydrogens is 384 g/mol. The van der Waals surface area contributed by atoms with Gasteiger partial charge in [0.25, 0.3) is 11.1 Å². The number of rotatable bonds is 4. The number of pyridine rings is 1. The van der Waals surface area contributed by atoms with E-state index in [2.05, 4.69) is 10.3 Å². The van der Waals surface area contributed by atoms with Crippen LogP contribution in [0.2, 0.25) is 0 Å². The largest absolute Gasteiger partial charge is 0.496 e. The molecule has 28 heavy (non-hydrogen) atoms. The second kappa shape index (κ2) is 6.86. The monoisotopic (exact) mass is 396 g/mol. The fourth-order valence-corrected chi connectivity index (χ4v) is 3.51. The quantitative estimate of drug-likeness (QED) is 0.643. The van der Waals surface area contributed by atoms with Crippen molar-refractivity contribution in [2.45, 2.75) is 0 Å². The number of benzene rings is 1. The Bertz CT molecular complexity index is 1180. The van der Waals surface area contributed by atoms with E-state index in [1.807, 2.05) is 0 Å². The highest BCUT2D eigenvalue weighted by Gasteiger charge is 2.25. The second-order valence-electron chi connectivity index (χ2n) is 5.83. The SMILES string of the molecule is COc1cc(-c2cncc3cc(C=C4SC(=O)NC4=O)oc23)ccc1C(=O)O. The number of thioether (sulfide) groups is 1. The molecule has 0 spiro atoms. The van der Waals surface area contributed by atoms with Gasteiger partial charge in [-0.3, -0.25) is 19.9 Å². The highest BCUT2D eigenvalue weighted by molar-refractivity contribution is 8.18. The molecule has 0 aliphatic carbocycles. The van der Waals surface area contributed by atoms with E-state index in [4.69, 9.17) is 9.15 Å². The summed E-state index contributed by atoms with van der Waals surface area (Å²) in [5.74, 6) is -0.949. The van der Waals surface area contributed by atoms with Crippen LogP contribution >= 0.6 is 11.8 Å². The Morgan fingerprint density at radius 3 is 2.79 bits per heavy atom. The molecule has 3 heterocycles. The van der Waals surface area contributed by atoms with Crippen LogP contribution in [0.15, 0.2) is 46.0 Å². The van der Waals surface area contributed by atoms with Gasteiger partial charge < -0.3 is 14.3 Å². The number of ether oxygens (including phenoxy) is 1. The number of aromatic nitrogens is 1. The van der Waals surface area contributed by atoms with Gasteiger partial charge >= 0.3 is 5.97 Å². The average Bonchev–Trinajstić information content (AvgIpc) is 3.22. The van der Waals surface area contributed by atoms with E-state index in [0.29, 0.717) is 27.9 Å². The molecule has 2 N–H and O–H groups in total. The number of aromatic carboxylic acids is 1. The van der Waals surface area contributed by atoms with Crippen molar-refractivity contribution in [3.8, 4) is 16.9 Å². The van der Waals surface area contributed by atoms with Gasteiger partial charge in [0.2, 0.25) is 0 Å². The minimum atomic E-state index is -1.09. The molecule has 2 amide bonds. The first-order valence-electron chi connectivity index (χ1n) is 8.00. The first kappa shape index (κ1) is 17.8. The normalized spacial score (nSPS) is 15.2. The number of fused-ring (bicyclic) bond motifs is 1. The number of amides is 2. The lowest BCUT2D eigenvalue weighted by Crippen LogP contribution is -2.17. The fourth-order valence-electron chi connectivity index (χ4n) is 2.84. The second-order valence-corrected chi connectivity index (χ2v) is 6.84. The van der Waals surface area contributed by atoms with Crippen LogP contribution in [-0.4, -0.2) is 34.3 Å². The highest BCUT2D eigenvalue weighted by Crippen LogP contribution is 2.34. The molecule has 0 saturated carbocycles. The van der Waals surface area contributed by atoms with E-state index in [1.165, 1.54) is 19.3 Å². The van der Waals surface area contributed by atoms with Crippen molar-refractivity contribution in [3.05, 3.63) is 52.9 Å². The molecule has 8 nitrogen and oxygen atoms in total. The van der Waals surface area contributed by atoms with Crippen molar-refractivity contribution >= 4 is 45.9 Å². The summed E-state index contributed by atoms with van der Waals surface area (Å²) in [4.78, 5) is 38.7. The molecule has 1 saturated heterocycles. The number of nitrogens with one attached hydrogen (secondary N) is 1. The maximum atomic E-state index is 11.7. The van der Waals surface area contributed by atoms with Crippen LogP contribution in [0, 0.1) is 0 Å². The van der Waals surface area contributed by atoms with Crippen molar-refractivity contribution in [1.29, 1.82) is 0 Å². The van der Waals surface area contributed by atoms with Crippen LogP contribution in [0.25, 0.3) is 28.2 Å². The summed E-state index contributed by atoms with van der Waals surface area (Å²) in [6.07, 6.45) is 4.70. The molecule has 0 bridgehead atoms. The highest BCUT2D eigenvalue weighted by atomic mass is 32.2. The van der Waals surface area contributed by atoms with Gasteiger partial charge in [-0.2, -0.15) is 0 Å². The van der Waals surface area contributed by atoms with Crippen LogP contribution in [0.5, 0.6) is 5.75 Å². The molecule has 9 heteroatoms. The van der Waals surface area contributed by atoms with Crippen molar-refractivity contribution in [2.75, 3.05) is 7.11 Å². The van der Waals surface area contributed by atoms with Gasteiger partial charge in [0.1, 0.15) is 22.7 Å². The molecule has 4 rings (SSSR count). The van der Waals surface area contributed by atoms with E-state index in [0.717, 1.165) is 11.8 Å². The van der Waals surface area contributed by atoms with Gasteiger partial charge in [-0.05, 0) is 35.5 Å². The first-order chi connectivity index (χ1) is 13.5. The Morgan fingerprint density at radius 2 is 2.11 bits per heavy atom. The third kappa shape index (κ3) is 3.12. The van der Waals surface area contributed by atoms with Crippen LogP contribution in [0.1, 0.15) is 16.1 Å². The minimum absolute atomic E-state index is 0.0465. The maximum absolute atomic E-state index is 11.7. The number of carboxylic acids is 1. The number of hydrogen-bond acceptors (Lipinski definition) is 7. The number of hydrogen-bond donors (Lipinski definition) is 2. The number of methoxy groups -OCH3 is 1. The van der Waals surface area contributed by atoms with Crippen LogP contribution in [-0.2, 0) is 4.79 Å². The lowest BCUT2D eigenvalue weighted by Gasteiger charge is -2.08. The van der Waals surface area contributed by atoms with Crippen molar-refractivity contribution in [3.63, 3.8) is 0 Å². The molecule has 0 radical (unpaired) electrons. The van der Waals surface area contributed by atoms with Crippen molar-refractivity contribution in [2.24, 2.45) is 0 Å². The maximum Gasteiger partial charge on any atom is 0.339 e. The number of furan rings is 1. The Labute approximate surface area is 162 Å². The standard InChI is InChI=1S/C19H12N2O6S/c1-26-14-5-9(2-3-12(14)18(23)24)13-8-20-7-10-4-11(27-16(10)13)6-15-17(22)21-19(25)28-15/h2-8H,1H3,(H,23,24)(H,21,22,25). The molecule has 1 aliphatic heterocycles. The third-order valence-electron chi connectivity index (χ3n) is 4.10. The van der Waals surface area contributed by atoms with E-state index in [1.54, 1.807) is 30.6 Å². The smallest absolute Gasteiger partial charge is 0.339 e. The van der Waals surface area contributed by atoms with Gasteiger partial charge in [-0.1, -0.05) is 6.07 Å². The van der Waals surface area contributed by atoms with Gasteiger partial charge in [0, 0.05) is 29.4 Å². The molecular formula is C19H12N2O6S. The minimum Gasteiger partial charge on any atom is -0.496 e. The van der Waals surface area contributed by atoms with Gasteiger partial charge in [-0.25, -0.2) is 4.79 Å². The summed E-state index contributed by atoms with van der Waals surface area (Å²) in [6, 6.07) is 6.39. The Kier molecular flexibility index (Phi) is 4.36. The summed E-state index contributed by atoms with van der Waals surface area (Å²) in [7, 11) is 1.40. The van der Waals surface area contributed by atoms with E-state index in [9.17, 15) is 19.5 Å². The summed E-state index contributed by atoms with van der Waals surface area (Å²) >= 11 is 0.802. The molecule has 1 fully saturated rings. The van der Waals surface area contributed by atoms with E-state index >= 15 is 0 Å². The molecule has 140 valence electrons. The molecule has 0 atom stereocenters. The average molecular weight is 396 g/mol. The van der Waals surface area contributed by atoms with Crippen LogP contribution in [0.4, 0.5) is 4.79 Å². The molecule has 0 unspecified atom stereocenters.